The van der Waals surface area contributed by atoms with Gasteiger partial charge in [0.25, 0.3) is 0 Å². The Morgan fingerprint density at radius 2 is 1.71 bits per heavy atom. The van der Waals surface area contributed by atoms with E-state index in [-0.39, 0.29) is 5.56 Å². The largest absolute Gasteiger partial charge is 0.478 e. The number of hydrogen-bond acceptors (Lipinski definition) is 2. The summed E-state index contributed by atoms with van der Waals surface area (Å²) in [5.41, 5.74) is 2.46. The van der Waals surface area contributed by atoms with E-state index in [0.29, 0.717) is 18.0 Å². The van der Waals surface area contributed by atoms with Gasteiger partial charge in [0, 0.05) is 24.4 Å². The Morgan fingerprint density at radius 3 is 2.24 bits per heavy atom. The summed E-state index contributed by atoms with van der Waals surface area (Å²) in [6, 6.07) is 8.30. The number of rotatable bonds is 5. The van der Waals surface area contributed by atoms with Crippen molar-refractivity contribution >= 4 is 11.9 Å². The maximum Gasteiger partial charge on any atom is 0.337 e. The van der Waals surface area contributed by atoms with E-state index in [1.165, 1.54) is 0 Å². The first-order valence-corrected chi connectivity index (χ1v) is 6.81. The highest BCUT2D eigenvalue weighted by atomic mass is 16.4. The highest BCUT2D eigenvalue weighted by molar-refractivity contribution is 5.89. The van der Waals surface area contributed by atoms with Crippen molar-refractivity contribution in [2.45, 2.75) is 25.3 Å². The molecule has 5 nitrogen and oxygen atoms in total. The third-order valence-electron chi connectivity index (χ3n) is 3.75. The molecule has 0 bridgehead atoms. The van der Waals surface area contributed by atoms with Crippen LogP contribution < -0.4 is 0 Å². The molecule has 0 saturated heterocycles. The van der Waals surface area contributed by atoms with Gasteiger partial charge in [0.15, 0.2) is 0 Å². The Hall–Kier alpha value is -2.56. The smallest absolute Gasteiger partial charge is 0.337 e. The minimum atomic E-state index is -0.950. The summed E-state index contributed by atoms with van der Waals surface area (Å²) >= 11 is 0. The monoisotopic (exact) mass is 285 g/mol. The van der Waals surface area contributed by atoms with Crippen LogP contribution in [0.2, 0.25) is 0 Å². The molecule has 1 aliphatic carbocycles. The highest BCUT2D eigenvalue weighted by Crippen LogP contribution is 2.42. The Bertz CT molecular complexity index is 696. The molecule has 1 aromatic heterocycles. The number of benzene rings is 1. The zero-order chi connectivity index (χ0) is 15.0. The molecule has 1 saturated carbocycles. The van der Waals surface area contributed by atoms with Crippen LogP contribution in [0.1, 0.15) is 50.7 Å². The van der Waals surface area contributed by atoms with Crippen LogP contribution in [0.15, 0.2) is 36.5 Å². The molecule has 21 heavy (non-hydrogen) atoms. The lowest BCUT2D eigenvalue weighted by Crippen LogP contribution is -2.07. The van der Waals surface area contributed by atoms with E-state index in [2.05, 4.69) is 0 Å². The molecule has 2 N–H and O–H groups in total. The summed E-state index contributed by atoms with van der Waals surface area (Å²) in [4.78, 5) is 22.1. The third-order valence-corrected chi connectivity index (χ3v) is 3.75. The Balaban J connectivity index is 1.87. The Morgan fingerprint density at radius 1 is 1.05 bits per heavy atom. The van der Waals surface area contributed by atoms with Crippen molar-refractivity contribution in [3.63, 3.8) is 0 Å². The molecular weight excluding hydrogens is 270 g/mol. The lowest BCUT2D eigenvalue weighted by Gasteiger charge is -2.10. The van der Waals surface area contributed by atoms with Crippen LogP contribution in [0.4, 0.5) is 0 Å². The second-order valence-electron chi connectivity index (χ2n) is 5.32. The van der Waals surface area contributed by atoms with E-state index in [1.807, 2.05) is 4.57 Å². The summed E-state index contributed by atoms with van der Waals surface area (Å²) in [5, 5.41) is 18.1. The second kappa shape index (κ2) is 5.09. The van der Waals surface area contributed by atoms with Gasteiger partial charge >= 0.3 is 11.9 Å². The van der Waals surface area contributed by atoms with Crippen LogP contribution >= 0.6 is 0 Å². The maximum atomic E-state index is 11.3. The van der Waals surface area contributed by atoms with Crippen molar-refractivity contribution in [1.29, 1.82) is 0 Å². The fraction of sp³-hybridized carbons (Fsp3) is 0.250. The molecule has 2 aromatic rings. The van der Waals surface area contributed by atoms with Crippen molar-refractivity contribution in [3.8, 4) is 0 Å². The van der Waals surface area contributed by atoms with Crippen LogP contribution in [0, 0.1) is 0 Å². The summed E-state index contributed by atoms with van der Waals surface area (Å²) in [6.45, 7) is 0.555. The average molecular weight is 285 g/mol. The highest BCUT2D eigenvalue weighted by Gasteiger charge is 2.31. The summed E-state index contributed by atoms with van der Waals surface area (Å²) in [6.07, 6.45) is 3.85. The molecule has 108 valence electrons. The number of carboxylic acid groups (broad SMARTS) is 2. The van der Waals surface area contributed by atoms with Crippen molar-refractivity contribution < 1.29 is 19.8 Å². The molecule has 1 heterocycles. The molecule has 0 radical (unpaired) electrons. The second-order valence-corrected chi connectivity index (χ2v) is 5.32. The van der Waals surface area contributed by atoms with Crippen LogP contribution in [0.25, 0.3) is 0 Å². The lowest BCUT2D eigenvalue weighted by atomic mass is 10.1. The summed E-state index contributed by atoms with van der Waals surface area (Å²) in [7, 11) is 0. The third kappa shape index (κ3) is 2.67. The van der Waals surface area contributed by atoms with Gasteiger partial charge in [-0.1, -0.05) is 12.1 Å². The van der Waals surface area contributed by atoms with E-state index in [4.69, 9.17) is 5.11 Å². The fourth-order valence-electron chi connectivity index (χ4n) is 2.56. The van der Waals surface area contributed by atoms with Crippen molar-refractivity contribution in [1.82, 2.24) is 4.57 Å². The number of hydrogen-bond donors (Lipinski definition) is 2. The minimum Gasteiger partial charge on any atom is -0.478 e. The van der Waals surface area contributed by atoms with Gasteiger partial charge < -0.3 is 14.8 Å². The molecule has 0 amide bonds. The SMILES string of the molecule is O=C(O)c1ccc(Cn2ccc(C(=O)O)c2C2CC2)cc1. The average Bonchev–Trinajstić information content (AvgIpc) is 3.20. The zero-order valence-electron chi connectivity index (χ0n) is 11.3. The molecule has 1 fully saturated rings. The van der Waals surface area contributed by atoms with Crippen molar-refractivity contribution in [2.75, 3.05) is 0 Å². The standard InChI is InChI=1S/C16H15NO4/c18-15(19)12-3-1-10(2-4-12)9-17-8-7-13(16(20)21)14(17)11-5-6-11/h1-4,7-8,11H,5-6,9H2,(H,18,19)(H,20,21). The lowest BCUT2D eigenvalue weighted by molar-refractivity contribution is 0.0685. The predicted octanol–water partition coefficient (Wildman–Crippen LogP) is 2.81. The zero-order valence-corrected chi connectivity index (χ0v) is 11.3. The van der Waals surface area contributed by atoms with Gasteiger partial charge in [-0.25, -0.2) is 9.59 Å². The molecule has 1 aliphatic rings. The molecule has 0 aliphatic heterocycles. The summed E-state index contributed by atoms with van der Waals surface area (Å²) < 4.78 is 1.96. The van der Waals surface area contributed by atoms with Gasteiger partial charge in [0.05, 0.1) is 11.1 Å². The topological polar surface area (TPSA) is 79.5 Å². The Labute approximate surface area is 121 Å². The number of aromatic nitrogens is 1. The molecule has 1 aromatic carbocycles. The van der Waals surface area contributed by atoms with Crippen LogP contribution in [-0.4, -0.2) is 26.7 Å². The molecule has 0 atom stereocenters. The molecule has 0 spiro atoms. The normalized spacial score (nSPS) is 14.1. The van der Waals surface area contributed by atoms with Crippen LogP contribution in [0.3, 0.4) is 0 Å². The predicted molar refractivity (Wildman–Crippen MR) is 75.9 cm³/mol. The van der Waals surface area contributed by atoms with Gasteiger partial charge in [-0.15, -0.1) is 0 Å². The van der Waals surface area contributed by atoms with E-state index in [9.17, 15) is 14.7 Å². The maximum absolute atomic E-state index is 11.3. The molecule has 0 unspecified atom stereocenters. The fourth-order valence-corrected chi connectivity index (χ4v) is 2.56. The van der Waals surface area contributed by atoms with Crippen molar-refractivity contribution in [3.05, 3.63) is 58.9 Å². The first-order chi connectivity index (χ1) is 10.1. The molecule has 5 heteroatoms. The molecule has 3 rings (SSSR count). The first-order valence-electron chi connectivity index (χ1n) is 6.81. The van der Waals surface area contributed by atoms with Crippen LogP contribution in [-0.2, 0) is 6.54 Å². The van der Waals surface area contributed by atoms with E-state index >= 15 is 0 Å². The van der Waals surface area contributed by atoms with E-state index < -0.39 is 11.9 Å². The summed E-state index contributed by atoms with van der Waals surface area (Å²) in [5.74, 6) is -1.50. The van der Waals surface area contributed by atoms with Gasteiger partial charge in [-0.3, -0.25) is 0 Å². The van der Waals surface area contributed by atoms with Gasteiger partial charge in [0.1, 0.15) is 0 Å². The first kappa shape index (κ1) is 13.4. The number of carboxylic acids is 2. The van der Waals surface area contributed by atoms with Crippen molar-refractivity contribution in [2.24, 2.45) is 0 Å². The number of aromatic carboxylic acids is 2. The van der Waals surface area contributed by atoms with Crippen LogP contribution in [0.5, 0.6) is 0 Å². The van der Waals surface area contributed by atoms with Gasteiger partial charge in [0.2, 0.25) is 0 Å². The van der Waals surface area contributed by atoms with Gasteiger partial charge in [-0.2, -0.15) is 0 Å². The quantitative estimate of drug-likeness (QED) is 0.885. The number of nitrogens with zero attached hydrogens (tertiary/aromatic N) is 1. The number of carbonyl (C=O) groups is 2. The van der Waals surface area contributed by atoms with E-state index in [1.54, 1.807) is 36.5 Å². The van der Waals surface area contributed by atoms with E-state index in [0.717, 1.165) is 24.1 Å². The molecular formula is C16H15NO4. The van der Waals surface area contributed by atoms with Gasteiger partial charge in [-0.05, 0) is 36.6 Å². The minimum absolute atomic E-state index is 0.250. The Kier molecular flexibility index (Phi) is 3.25.